The van der Waals surface area contributed by atoms with Crippen molar-refractivity contribution in [2.24, 2.45) is 0 Å². The first kappa shape index (κ1) is 16.0. The summed E-state index contributed by atoms with van der Waals surface area (Å²) in [7, 11) is 0. The van der Waals surface area contributed by atoms with Gasteiger partial charge in [-0.25, -0.2) is 0 Å². The van der Waals surface area contributed by atoms with Crippen LogP contribution in [0.5, 0.6) is 0 Å². The van der Waals surface area contributed by atoms with Crippen molar-refractivity contribution in [1.29, 1.82) is 0 Å². The van der Waals surface area contributed by atoms with E-state index in [0.29, 0.717) is 12.2 Å². The molecule has 130 valence electrons. The van der Waals surface area contributed by atoms with Crippen LogP contribution in [-0.4, -0.2) is 31.5 Å². The normalized spacial score (nSPS) is 22.2. The number of rotatable bonds is 4. The zero-order valence-corrected chi connectivity index (χ0v) is 14.7. The summed E-state index contributed by atoms with van der Waals surface area (Å²) in [6, 6.07) is 8.01. The standard InChI is InChI=1S/C19H22N4O2/c1-3-10-22-13(2)20-21-16(22)12-23-17(24)11-19(18(23)25)9-8-14-6-4-5-7-15(14)19/h4-7H,3,8-12H2,1-2H3/t19-/m0/s1. The van der Waals surface area contributed by atoms with Gasteiger partial charge in [0.15, 0.2) is 5.82 Å². The molecule has 6 nitrogen and oxygen atoms in total. The Labute approximate surface area is 146 Å². The summed E-state index contributed by atoms with van der Waals surface area (Å²) >= 11 is 0. The molecule has 25 heavy (non-hydrogen) atoms. The number of aromatic nitrogens is 3. The minimum atomic E-state index is -0.668. The van der Waals surface area contributed by atoms with Gasteiger partial charge in [-0.1, -0.05) is 31.2 Å². The molecule has 0 saturated carbocycles. The van der Waals surface area contributed by atoms with Crippen LogP contribution in [0.15, 0.2) is 24.3 Å². The predicted molar refractivity (Wildman–Crippen MR) is 91.7 cm³/mol. The van der Waals surface area contributed by atoms with Gasteiger partial charge >= 0.3 is 0 Å². The zero-order chi connectivity index (χ0) is 17.6. The van der Waals surface area contributed by atoms with Gasteiger partial charge in [-0.2, -0.15) is 0 Å². The van der Waals surface area contributed by atoms with Crippen LogP contribution >= 0.6 is 0 Å². The number of nitrogens with zero attached hydrogens (tertiary/aromatic N) is 4. The molecular weight excluding hydrogens is 316 g/mol. The van der Waals surface area contributed by atoms with E-state index in [-0.39, 0.29) is 24.8 Å². The summed E-state index contributed by atoms with van der Waals surface area (Å²) < 4.78 is 1.99. The SMILES string of the molecule is CCCn1c(C)nnc1CN1C(=O)C[C@]2(CCc3ccccc32)C1=O. The lowest BCUT2D eigenvalue weighted by Crippen LogP contribution is -2.37. The lowest BCUT2D eigenvalue weighted by Gasteiger charge is -2.22. The smallest absolute Gasteiger partial charge is 0.240 e. The number of likely N-dealkylation sites (tertiary alicyclic amines) is 1. The average molecular weight is 338 g/mol. The van der Waals surface area contributed by atoms with Crippen LogP contribution in [0.1, 0.15) is 49.0 Å². The Hall–Kier alpha value is -2.50. The molecule has 2 aromatic rings. The summed E-state index contributed by atoms with van der Waals surface area (Å²) in [6.45, 7) is 4.98. The molecule has 0 radical (unpaired) electrons. The van der Waals surface area contributed by atoms with Gasteiger partial charge in [0.2, 0.25) is 11.8 Å². The molecule has 1 aromatic carbocycles. The summed E-state index contributed by atoms with van der Waals surface area (Å²) in [5.74, 6) is 1.32. The fourth-order valence-electron chi connectivity index (χ4n) is 4.25. The summed E-state index contributed by atoms with van der Waals surface area (Å²) in [6.07, 6.45) is 2.79. The molecule has 1 aliphatic carbocycles. The van der Waals surface area contributed by atoms with E-state index in [9.17, 15) is 9.59 Å². The number of carbonyl (C=O) groups excluding carboxylic acids is 2. The van der Waals surface area contributed by atoms with Crippen LogP contribution in [0, 0.1) is 6.92 Å². The molecule has 2 amide bonds. The summed E-state index contributed by atoms with van der Waals surface area (Å²) in [5, 5.41) is 8.31. The molecule has 2 heterocycles. The van der Waals surface area contributed by atoms with E-state index in [0.717, 1.165) is 30.8 Å². The minimum absolute atomic E-state index is 0.0776. The fourth-order valence-corrected chi connectivity index (χ4v) is 4.25. The van der Waals surface area contributed by atoms with E-state index in [1.165, 1.54) is 10.5 Å². The molecule has 1 fully saturated rings. The van der Waals surface area contributed by atoms with Crippen molar-refractivity contribution in [3.8, 4) is 0 Å². The van der Waals surface area contributed by atoms with E-state index in [1.54, 1.807) is 0 Å². The van der Waals surface area contributed by atoms with E-state index in [2.05, 4.69) is 23.2 Å². The van der Waals surface area contributed by atoms with Gasteiger partial charge in [-0.15, -0.1) is 10.2 Å². The molecule has 1 aromatic heterocycles. The molecule has 0 N–H and O–H groups in total. The highest BCUT2D eigenvalue weighted by molar-refractivity contribution is 6.09. The second-order valence-electron chi connectivity index (χ2n) is 7.02. The number of hydrogen-bond donors (Lipinski definition) is 0. The van der Waals surface area contributed by atoms with Crippen molar-refractivity contribution in [2.45, 2.75) is 58.0 Å². The third-order valence-corrected chi connectivity index (χ3v) is 5.52. The molecule has 1 aliphatic heterocycles. The number of hydrogen-bond acceptors (Lipinski definition) is 4. The highest BCUT2D eigenvalue weighted by atomic mass is 16.2. The Balaban J connectivity index is 1.66. The third-order valence-electron chi connectivity index (χ3n) is 5.52. The predicted octanol–water partition coefficient (Wildman–Crippen LogP) is 2.14. The Kier molecular flexibility index (Phi) is 3.71. The molecule has 0 unspecified atom stereocenters. The molecule has 0 bridgehead atoms. The number of imide groups is 1. The Morgan fingerprint density at radius 2 is 2.00 bits per heavy atom. The Morgan fingerprint density at radius 3 is 2.80 bits per heavy atom. The second-order valence-corrected chi connectivity index (χ2v) is 7.02. The van der Waals surface area contributed by atoms with Gasteiger partial charge in [-0.3, -0.25) is 14.5 Å². The van der Waals surface area contributed by atoms with Crippen LogP contribution in [0.3, 0.4) is 0 Å². The maximum absolute atomic E-state index is 13.2. The molecule has 1 saturated heterocycles. The van der Waals surface area contributed by atoms with Gasteiger partial charge in [-0.05, 0) is 37.3 Å². The quantitative estimate of drug-likeness (QED) is 0.801. The zero-order valence-electron chi connectivity index (χ0n) is 14.7. The van der Waals surface area contributed by atoms with Gasteiger partial charge in [0.25, 0.3) is 0 Å². The van der Waals surface area contributed by atoms with Crippen molar-refractivity contribution < 1.29 is 9.59 Å². The number of aryl methyl sites for hydroxylation is 2. The highest BCUT2D eigenvalue weighted by Crippen LogP contribution is 2.47. The van der Waals surface area contributed by atoms with Crippen molar-refractivity contribution in [3.05, 3.63) is 47.0 Å². The summed E-state index contributed by atoms with van der Waals surface area (Å²) in [4.78, 5) is 27.3. The third kappa shape index (κ3) is 2.31. The topological polar surface area (TPSA) is 68.1 Å². The molecule has 4 rings (SSSR count). The van der Waals surface area contributed by atoms with E-state index < -0.39 is 5.41 Å². The minimum Gasteiger partial charge on any atom is -0.314 e. The molecule has 2 aliphatic rings. The lowest BCUT2D eigenvalue weighted by molar-refractivity contribution is -0.140. The second kappa shape index (κ2) is 5.79. The van der Waals surface area contributed by atoms with Crippen LogP contribution in [0.4, 0.5) is 0 Å². The first-order valence-corrected chi connectivity index (χ1v) is 8.88. The van der Waals surface area contributed by atoms with Crippen LogP contribution < -0.4 is 0 Å². The molecule has 6 heteroatoms. The lowest BCUT2D eigenvalue weighted by atomic mass is 9.80. The van der Waals surface area contributed by atoms with Gasteiger partial charge in [0.1, 0.15) is 5.82 Å². The molecular formula is C19H22N4O2. The van der Waals surface area contributed by atoms with Crippen LogP contribution in [0.25, 0.3) is 0 Å². The van der Waals surface area contributed by atoms with Gasteiger partial charge in [0, 0.05) is 13.0 Å². The maximum Gasteiger partial charge on any atom is 0.240 e. The Bertz CT molecular complexity index is 857. The van der Waals surface area contributed by atoms with Crippen molar-refractivity contribution >= 4 is 11.8 Å². The van der Waals surface area contributed by atoms with Crippen LogP contribution in [0.2, 0.25) is 0 Å². The Morgan fingerprint density at radius 1 is 1.20 bits per heavy atom. The number of carbonyl (C=O) groups is 2. The summed E-state index contributed by atoms with van der Waals surface area (Å²) in [5.41, 5.74) is 1.55. The van der Waals surface area contributed by atoms with Crippen molar-refractivity contribution in [2.75, 3.05) is 0 Å². The van der Waals surface area contributed by atoms with Crippen LogP contribution in [-0.2, 0) is 34.5 Å². The molecule has 1 spiro atoms. The maximum atomic E-state index is 13.2. The van der Waals surface area contributed by atoms with Crippen molar-refractivity contribution in [1.82, 2.24) is 19.7 Å². The van der Waals surface area contributed by atoms with E-state index in [1.807, 2.05) is 29.7 Å². The number of fused-ring (bicyclic) bond motifs is 2. The monoisotopic (exact) mass is 338 g/mol. The largest absolute Gasteiger partial charge is 0.314 e. The van der Waals surface area contributed by atoms with E-state index >= 15 is 0 Å². The first-order chi connectivity index (χ1) is 12.1. The highest BCUT2D eigenvalue weighted by Gasteiger charge is 2.55. The fraction of sp³-hybridized carbons (Fsp3) is 0.474. The molecule has 1 atom stereocenters. The number of amides is 2. The average Bonchev–Trinajstić information content (AvgIpc) is 3.22. The number of benzene rings is 1. The van der Waals surface area contributed by atoms with Crippen molar-refractivity contribution in [3.63, 3.8) is 0 Å². The van der Waals surface area contributed by atoms with E-state index in [4.69, 9.17) is 0 Å². The van der Waals surface area contributed by atoms with Gasteiger partial charge < -0.3 is 4.57 Å². The van der Waals surface area contributed by atoms with Gasteiger partial charge in [0.05, 0.1) is 12.0 Å². The first-order valence-electron chi connectivity index (χ1n) is 8.88.